The van der Waals surface area contributed by atoms with Crippen LogP contribution >= 0.6 is 0 Å². The average molecular weight is 370 g/mol. The van der Waals surface area contributed by atoms with Crippen molar-refractivity contribution in [2.24, 2.45) is 0 Å². The summed E-state index contributed by atoms with van der Waals surface area (Å²) in [7, 11) is 3.64. The van der Waals surface area contributed by atoms with Gasteiger partial charge in [0.15, 0.2) is 0 Å². The first-order chi connectivity index (χ1) is 13.1. The van der Waals surface area contributed by atoms with Crippen LogP contribution in [0.1, 0.15) is 23.6 Å². The summed E-state index contributed by atoms with van der Waals surface area (Å²) in [4.78, 5) is 23.3. The van der Waals surface area contributed by atoms with Crippen LogP contribution in [0, 0.1) is 5.82 Å². The second-order valence-electron chi connectivity index (χ2n) is 7.20. The summed E-state index contributed by atoms with van der Waals surface area (Å²) in [5.74, 6) is -0.366. The topological polar surface area (TPSA) is 39.7 Å². The molecule has 0 aliphatic carbocycles. The number of carbonyl (C=O) groups is 1. The van der Waals surface area contributed by atoms with Crippen LogP contribution in [0.2, 0.25) is 0 Å². The Balaban J connectivity index is 1.68. The Kier molecular flexibility index (Phi) is 6.53. The van der Waals surface area contributed by atoms with Crippen molar-refractivity contribution in [3.63, 3.8) is 0 Å². The molecule has 2 aromatic rings. The number of hydrogen-bond acceptors (Lipinski definition) is 4. The van der Waals surface area contributed by atoms with E-state index in [1.165, 1.54) is 11.6 Å². The van der Waals surface area contributed by atoms with Gasteiger partial charge in [-0.2, -0.15) is 0 Å². The standard InChI is InChI=1S/C21H27FN4O/c1-24(2)20(18-6-3-4-7-19(18)22)21(27)26-13-5-12-25(14-15-26)16-17-8-10-23-11-9-17/h3-4,6-11,20H,5,12-16H2,1-2H3/t20-/m1/s1. The van der Waals surface area contributed by atoms with Gasteiger partial charge in [0, 0.05) is 50.7 Å². The largest absolute Gasteiger partial charge is 0.340 e. The fraction of sp³-hybridized carbons (Fsp3) is 0.429. The molecule has 1 amide bonds. The fourth-order valence-electron chi connectivity index (χ4n) is 3.60. The maximum absolute atomic E-state index is 14.3. The molecule has 0 bridgehead atoms. The van der Waals surface area contributed by atoms with E-state index >= 15 is 0 Å². The maximum Gasteiger partial charge on any atom is 0.244 e. The summed E-state index contributed by atoms with van der Waals surface area (Å²) in [6.07, 6.45) is 4.52. The van der Waals surface area contributed by atoms with Gasteiger partial charge in [-0.25, -0.2) is 4.39 Å². The third kappa shape index (κ3) is 4.90. The summed E-state index contributed by atoms with van der Waals surface area (Å²) in [6, 6.07) is 9.99. The van der Waals surface area contributed by atoms with E-state index in [9.17, 15) is 9.18 Å². The molecule has 1 fully saturated rings. The van der Waals surface area contributed by atoms with Gasteiger partial charge in [-0.05, 0) is 44.3 Å². The van der Waals surface area contributed by atoms with Gasteiger partial charge in [0.25, 0.3) is 0 Å². The number of carbonyl (C=O) groups excluding carboxylic acids is 1. The molecule has 1 saturated heterocycles. The average Bonchev–Trinajstić information content (AvgIpc) is 2.90. The molecule has 5 nitrogen and oxygen atoms in total. The predicted octanol–water partition coefficient (Wildman–Crippen LogP) is 2.56. The summed E-state index contributed by atoms with van der Waals surface area (Å²) >= 11 is 0. The lowest BCUT2D eigenvalue weighted by molar-refractivity contribution is -0.136. The zero-order valence-corrected chi connectivity index (χ0v) is 16.0. The van der Waals surface area contributed by atoms with Crippen molar-refractivity contribution in [3.05, 3.63) is 65.7 Å². The number of hydrogen-bond donors (Lipinski definition) is 0. The summed E-state index contributed by atoms with van der Waals surface area (Å²) < 4.78 is 14.3. The molecule has 144 valence electrons. The molecule has 0 N–H and O–H groups in total. The number of likely N-dealkylation sites (N-methyl/N-ethyl adjacent to an activating group) is 1. The van der Waals surface area contributed by atoms with Gasteiger partial charge in [-0.15, -0.1) is 0 Å². The van der Waals surface area contributed by atoms with E-state index in [1.54, 1.807) is 35.5 Å². The SMILES string of the molecule is CN(C)[C@@H](C(=O)N1CCCN(Cc2ccncc2)CC1)c1ccccc1F. The first kappa shape index (κ1) is 19.5. The Labute approximate surface area is 160 Å². The van der Waals surface area contributed by atoms with E-state index in [1.807, 2.05) is 31.1 Å². The van der Waals surface area contributed by atoms with Crippen molar-refractivity contribution in [1.82, 2.24) is 19.7 Å². The van der Waals surface area contributed by atoms with E-state index in [4.69, 9.17) is 0 Å². The van der Waals surface area contributed by atoms with Crippen LogP contribution in [0.5, 0.6) is 0 Å². The molecule has 27 heavy (non-hydrogen) atoms. The Morgan fingerprint density at radius 3 is 2.56 bits per heavy atom. The Morgan fingerprint density at radius 2 is 1.85 bits per heavy atom. The summed E-state index contributed by atoms with van der Waals surface area (Å²) in [6.45, 7) is 3.96. The lowest BCUT2D eigenvalue weighted by atomic mass is 10.0. The van der Waals surface area contributed by atoms with Gasteiger partial charge < -0.3 is 4.90 Å². The van der Waals surface area contributed by atoms with Crippen LogP contribution in [0.4, 0.5) is 4.39 Å². The molecule has 1 aromatic carbocycles. The van der Waals surface area contributed by atoms with Crippen LogP contribution in [0.25, 0.3) is 0 Å². The highest BCUT2D eigenvalue weighted by Gasteiger charge is 2.30. The molecular formula is C21H27FN4O. The molecule has 0 radical (unpaired) electrons. The molecule has 0 spiro atoms. The van der Waals surface area contributed by atoms with Gasteiger partial charge in [-0.1, -0.05) is 18.2 Å². The smallest absolute Gasteiger partial charge is 0.244 e. The first-order valence-electron chi connectivity index (χ1n) is 9.37. The number of aromatic nitrogens is 1. The fourth-order valence-corrected chi connectivity index (χ4v) is 3.60. The van der Waals surface area contributed by atoms with Crippen LogP contribution in [-0.4, -0.2) is 65.9 Å². The number of pyridine rings is 1. The predicted molar refractivity (Wildman–Crippen MR) is 104 cm³/mol. The van der Waals surface area contributed by atoms with Crippen LogP contribution < -0.4 is 0 Å². The van der Waals surface area contributed by atoms with Crippen molar-refractivity contribution in [1.29, 1.82) is 0 Å². The number of amides is 1. The molecule has 0 unspecified atom stereocenters. The zero-order valence-electron chi connectivity index (χ0n) is 16.0. The minimum Gasteiger partial charge on any atom is -0.340 e. The number of halogens is 1. The van der Waals surface area contributed by atoms with Gasteiger partial charge >= 0.3 is 0 Å². The van der Waals surface area contributed by atoms with E-state index in [2.05, 4.69) is 9.88 Å². The number of rotatable bonds is 5. The van der Waals surface area contributed by atoms with Crippen LogP contribution in [-0.2, 0) is 11.3 Å². The molecule has 1 atom stereocenters. The Bertz CT molecular complexity index is 753. The van der Waals surface area contributed by atoms with E-state index < -0.39 is 6.04 Å². The molecule has 6 heteroatoms. The third-order valence-corrected chi connectivity index (χ3v) is 5.01. The molecule has 1 aliphatic heterocycles. The van der Waals surface area contributed by atoms with Crippen molar-refractivity contribution in [3.8, 4) is 0 Å². The molecule has 2 heterocycles. The van der Waals surface area contributed by atoms with E-state index in [-0.39, 0.29) is 11.7 Å². The molecule has 3 rings (SSSR count). The third-order valence-electron chi connectivity index (χ3n) is 5.01. The normalized spacial score (nSPS) is 17.0. The second-order valence-corrected chi connectivity index (χ2v) is 7.20. The minimum absolute atomic E-state index is 0.0316. The van der Waals surface area contributed by atoms with Crippen LogP contribution in [0.15, 0.2) is 48.8 Å². The highest BCUT2D eigenvalue weighted by molar-refractivity contribution is 5.83. The Morgan fingerprint density at radius 1 is 1.11 bits per heavy atom. The number of benzene rings is 1. The first-order valence-corrected chi connectivity index (χ1v) is 9.37. The molecule has 1 aromatic heterocycles. The van der Waals surface area contributed by atoms with E-state index in [0.29, 0.717) is 18.7 Å². The van der Waals surface area contributed by atoms with Gasteiger partial charge in [-0.3, -0.25) is 19.6 Å². The van der Waals surface area contributed by atoms with Crippen molar-refractivity contribution < 1.29 is 9.18 Å². The zero-order chi connectivity index (χ0) is 19.2. The molecule has 1 aliphatic rings. The monoisotopic (exact) mass is 370 g/mol. The minimum atomic E-state index is -0.599. The summed E-state index contributed by atoms with van der Waals surface area (Å²) in [5, 5.41) is 0. The quantitative estimate of drug-likeness (QED) is 0.811. The molecular weight excluding hydrogens is 343 g/mol. The highest BCUT2D eigenvalue weighted by atomic mass is 19.1. The van der Waals surface area contributed by atoms with Crippen LogP contribution in [0.3, 0.4) is 0 Å². The van der Waals surface area contributed by atoms with Gasteiger partial charge in [0.1, 0.15) is 11.9 Å². The van der Waals surface area contributed by atoms with Crippen molar-refractivity contribution in [2.45, 2.75) is 19.0 Å². The lowest BCUT2D eigenvalue weighted by Gasteiger charge is -2.30. The van der Waals surface area contributed by atoms with Gasteiger partial charge in [0.05, 0.1) is 0 Å². The van der Waals surface area contributed by atoms with Crippen molar-refractivity contribution >= 4 is 5.91 Å². The van der Waals surface area contributed by atoms with Crippen molar-refractivity contribution in [2.75, 3.05) is 40.3 Å². The lowest BCUT2D eigenvalue weighted by Crippen LogP contribution is -2.42. The molecule has 0 saturated carbocycles. The summed E-state index contributed by atoms with van der Waals surface area (Å²) in [5.41, 5.74) is 1.66. The number of nitrogens with zero attached hydrogens (tertiary/aromatic N) is 4. The highest BCUT2D eigenvalue weighted by Crippen LogP contribution is 2.24. The maximum atomic E-state index is 14.3. The van der Waals surface area contributed by atoms with Gasteiger partial charge in [0.2, 0.25) is 5.91 Å². The second kappa shape index (κ2) is 9.06. The van der Waals surface area contributed by atoms with E-state index in [0.717, 1.165) is 26.1 Å². The Hall–Kier alpha value is -2.31.